The van der Waals surface area contributed by atoms with Crippen molar-refractivity contribution >= 4 is 34.7 Å². The van der Waals surface area contributed by atoms with Crippen LogP contribution in [-0.2, 0) is 4.79 Å². The SMILES string of the molecule is C=CCN(C(=O)c1csnn1)[C@H](C(=O)NC(C)(C)C)c1cccs1. The molecule has 2 rings (SSSR count). The molecule has 0 aliphatic heterocycles. The average molecular weight is 364 g/mol. The van der Waals surface area contributed by atoms with Gasteiger partial charge in [-0.1, -0.05) is 16.6 Å². The van der Waals surface area contributed by atoms with Crippen LogP contribution in [0.25, 0.3) is 0 Å². The lowest BCUT2D eigenvalue weighted by molar-refractivity contribution is -0.127. The van der Waals surface area contributed by atoms with Gasteiger partial charge < -0.3 is 10.2 Å². The second-order valence-corrected chi connectivity index (χ2v) is 7.78. The van der Waals surface area contributed by atoms with Gasteiger partial charge in [-0.15, -0.1) is 23.0 Å². The van der Waals surface area contributed by atoms with Crippen LogP contribution in [-0.4, -0.2) is 38.4 Å². The van der Waals surface area contributed by atoms with Crippen molar-refractivity contribution in [3.63, 3.8) is 0 Å². The molecule has 0 aliphatic rings. The maximum atomic E-state index is 12.9. The zero-order valence-corrected chi connectivity index (χ0v) is 15.5. The Morgan fingerprint density at radius 1 is 1.46 bits per heavy atom. The summed E-state index contributed by atoms with van der Waals surface area (Å²) in [5, 5.41) is 10.2. The fraction of sp³-hybridized carbons (Fsp3) is 0.375. The molecule has 24 heavy (non-hydrogen) atoms. The van der Waals surface area contributed by atoms with Crippen LogP contribution < -0.4 is 5.32 Å². The normalized spacial score (nSPS) is 12.5. The second-order valence-electron chi connectivity index (χ2n) is 6.19. The van der Waals surface area contributed by atoms with Crippen LogP contribution in [0.15, 0.2) is 35.5 Å². The number of aromatic nitrogens is 2. The topological polar surface area (TPSA) is 75.2 Å². The number of hydrogen-bond donors (Lipinski definition) is 1. The Bertz CT molecular complexity index is 690. The lowest BCUT2D eigenvalue weighted by Crippen LogP contribution is -2.49. The van der Waals surface area contributed by atoms with Gasteiger partial charge in [0.15, 0.2) is 5.69 Å². The molecule has 2 amide bonds. The minimum absolute atomic E-state index is 0.229. The summed E-state index contributed by atoms with van der Waals surface area (Å²) in [7, 11) is 0. The molecule has 0 radical (unpaired) electrons. The number of hydrogen-bond acceptors (Lipinski definition) is 6. The highest BCUT2D eigenvalue weighted by Gasteiger charge is 2.34. The van der Waals surface area contributed by atoms with Crippen molar-refractivity contribution in [3.05, 3.63) is 46.1 Å². The Morgan fingerprint density at radius 2 is 2.21 bits per heavy atom. The smallest absolute Gasteiger partial charge is 0.276 e. The third kappa shape index (κ3) is 4.48. The van der Waals surface area contributed by atoms with E-state index in [0.717, 1.165) is 16.4 Å². The van der Waals surface area contributed by atoms with Crippen LogP contribution >= 0.6 is 22.9 Å². The lowest BCUT2D eigenvalue weighted by atomic mass is 10.1. The van der Waals surface area contributed by atoms with E-state index in [1.54, 1.807) is 11.5 Å². The van der Waals surface area contributed by atoms with E-state index in [-0.39, 0.29) is 24.1 Å². The Morgan fingerprint density at radius 3 is 2.71 bits per heavy atom. The van der Waals surface area contributed by atoms with Gasteiger partial charge in [0.1, 0.15) is 6.04 Å². The van der Waals surface area contributed by atoms with E-state index in [0.29, 0.717) is 0 Å². The summed E-state index contributed by atoms with van der Waals surface area (Å²) in [6.07, 6.45) is 1.60. The predicted octanol–water partition coefficient (Wildman–Crippen LogP) is 2.88. The van der Waals surface area contributed by atoms with Crippen LogP contribution in [0.2, 0.25) is 0 Å². The molecule has 0 aliphatic carbocycles. The first-order chi connectivity index (χ1) is 11.3. The van der Waals surface area contributed by atoms with E-state index in [9.17, 15) is 9.59 Å². The molecule has 0 spiro atoms. The molecule has 1 atom stereocenters. The average Bonchev–Trinajstić information content (AvgIpc) is 3.17. The number of rotatable bonds is 6. The number of amides is 2. The lowest BCUT2D eigenvalue weighted by Gasteiger charge is -2.31. The quantitative estimate of drug-likeness (QED) is 0.800. The number of nitrogens with zero attached hydrogens (tertiary/aromatic N) is 3. The molecule has 0 saturated carbocycles. The molecular weight excluding hydrogens is 344 g/mol. The molecular formula is C16H20N4O2S2. The minimum Gasteiger partial charge on any atom is -0.349 e. The molecule has 128 valence electrons. The Hall–Kier alpha value is -2.06. The summed E-state index contributed by atoms with van der Waals surface area (Å²) < 4.78 is 3.73. The first-order valence-corrected chi connectivity index (χ1v) is 9.09. The fourth-order valence-electron chi connectivity index (χ4n) is 2.16. The number of carbonyl (C=O) groups excluding carboxylic acids is 2. The van der Waals surface area contributed by atoms with Crippen molar-refractivity contribution in [2.45, 2.75) is 32.4 Å². The summed E-state index contributed by atoms with van der Waals surface area (Å²) >= 11 is 2.53. The van der Waals surface area contributed by atoms with Crippen molar-refractivity contribution < 1.29 is 9.59 Å². The molecule has 0 bridgehead atoms. The van der Waals surface area contributed by atoms with E-state index in [1.165, 1.54) is 16.2 Å². The van der Waals surface area contributed by atoms with Crippen molar-refractivity contribution in [1.82, 2.24) is 19.8 Å². The van der Waals surface area contributed by atoms with Crippen LogP contribution in [0.3, 0.4) is 0 Å². The monoisotopic (exact) mass is 364 g/mol. The highest BCUT2D eigenvalue weighted by Crippen LogP contribution is 2.27. The third-order valence-electron chi connectivity index (χ3n) is 3.04. The van der Waals surface area contributed by atoms with Crippen LogP contribution in [0.5, 0.6) is 0 Å². The summed E-state index contributed by atoms with van der Waals surface area (Å²) in [6, 6.07) is 2.97. The predicted molar refractivity (Wildman–Crippen MR) is 96.1 cm³/mol. The van der Waals surface area contributed by atoms with E-state index < -0.39 is 11.6 Å². The van der Waals surface area contributed by atoms with Crippen LogP contribution in [0.1, 0.15) is 42.2 Å². The standard InChI is InChI=1S/C16H20N4O2S2/c1-5-8-20(15(22)11-10-24-19-18-11)13(12-7-6-9-23-12)14(21)17-16(2,3)4/h5-7,9-10,13H,1,8H2,2-4H3,(H,17,21)/t13-/m0/s1. The van der Waals surface area contributed by atoms with Gasteiger partial charge in [-0.2, -0.15) is 0 Å². The Balaban J connectivity index is 2.40. The van der Waals surface area contributed by atoms with Gasteiger partial charge in [-0.25, -0.2) is 0 Å². The highest BCUT2D eigenvalue weighted by molar-refractivity contribution is 7.10. The van der Waals surface area contributed by atoms with Crippen LogP contribution in [0.4, 0.5) is 0 Å². The number of nitrogens with one attached hydrogen (secondary N) is 1. The van der Waals surface area contributed by atoms with Gasteiger partial charge in [0.05, 0.1) is 0 Å². The van der Waals surface area contributed by atoms with Gasteiger partial charge in [0, 0.05) is 22.3 Å². The Kier molecular flexibility index (Phi) is 5.84. The maximum absolute atomic E-state index is 12.9. The summed E-state index contributed by atoms with van der Waals surface area (Å²) in [5.41, 5.74) is -0.176. The summed E-state index contributed by atoms with van der Waals surface area (Å²) in [6.45, 7) is 9.65. The largest absolute Gasteiger partial charge is 0.349 e. The molecule has 1 N–H and O–H groups in total. The summed E-state index contributed by atoms with van der Waals surface area (Å²) in [5.74, 6) is -0.575. The maximum Gasteiger partial charge on any atom is 0.276 e. The van der Waals surface area contributed by atoms with Gasteiger partial charge in [-0.3, -0.25) is 9.59 Å². The number of carbonyl (C=O) groups is 2. The van der Waals surface area contributed by atoms with Crippen LogP contribution in [0, 0.1) is 0 Å². The summed E-state index contributed by atoms with van der Waals surface area (Å²) in [4.78, 5) is 27.9. The van der Waals surface area contributed by atoms with E-state index in [2.05, 4.69) is 21.5 Å². The zero-order chi connectivity index (χ0) is 17.7. The molecule has 0 saturated heterocycles. The molecule has 2 aromatic heterocycles. The molecule has 8 heteroatoms. The molecule has 0 fully saturated rings. The van der Waals surface area contributed by atoms with Crippen molar-refractivity contribution in [1.29, 1.82) is 0 Å². The molecule has 0 unspecified atom stereocenters. The van der Waals surface area contributed by atoms with Gasteiger partial charge in [-0.05, 0) is 43.8 Å². The molecule has 6 nitrogen and oxygen atoms in total. The van der Waals surface area contributed by atoms with Crippen molar-refractivity contribution in [3.8, 4) is 0 Å². The zero-order valence-electron chi connectivity index (χ0n) is 13.9. The molecule has 2 heterocycles. The van der Waals surface area contributed by atoms with Gasteiger partial charge >= 0.3 is 0 Å². The second kappa shape index (κ2) is 7.67. The first-order valence-electron chi connectivity index (χ1n) is 7.38. The van der Waals surface area contributed by atoms with E-state index in [4.69, 9.17) is 0 Å². The Labute approximate surface area is 149 Å². The highest BCUT2D eigenvalue weighted by atomic mass is 32.1. The molecule has 0 aromatic carbocycles. The first kappa shape index (κ1) is 18.3. The fourth-order valence-corrected chi connectivity index (χ4v) is 3.42. The van der Waals surface area contributed by atoms with E-state index >= 15 is 0 Å². The van der Waals surface area contributed by atoms with Crippen molar-refractivity contribution in [2.75, 3.05) is 6.54 Å². The van der Waals surface area contributed by atoms with Gasteiger partial charge in [0.2, 0.25) is 5.91 Å². The third-order valence-corrected chi connectivity index (χ3v) is 4.47. The van der Waals surface area contributed by atoms with E-state index in [1.807, 2.05) is 38.3 Å². The van der Waals surface area contributed by atoms with Crippen molar-refractivity contribution in [2.24, 2.45) is 0 Å². The number of thiophene rings is 1. The van der Waals surface area contributed by atoms with Gasteiger partial charge in [0.25, 0.3) is 5.91 Å². The minimum atomic E-state index is -0.739. The molecule has 2 aromatic rings.